The van der Waals surface area contributed by atoms with Crippen molar-refractivity contribution in [2.75, 3.05) is 0 Å². The van der Waals surface area contributed by atoms with Crippen LogP contribution in [0.3, 0.4) is 0 Å². The number of benzene rings is 1. The lowest BCUT2D eigenvalue weighted by atomic mass is 10.1. The van der Waals surface area contributed by atoms with Crippen molar-refractivity contribution in [2.45, 2.75) is 6.92 Å². The summed E-state index contributed by atoms with van der Waals surface area (Å²) in [6.45, 7) is 1.56. The van der Waals surface area contributed by atoms with Crippen LogP contribution >= 0.6 is 11.3 Å². The van der Waals surface area contributed by atoms with Gasteiger partial charge in [-0.1, -0.05) is 12.1 Å². The number of hydrogen-bond acceptors (Lipinski definition) is 5. The maximum Gasteiger partial charge on any atom is 0.169 e. The normalized spacial score (nSPS) is 10.7. The van der Waals surface area contributed by atoms with Crippen molar-refractivity contribution in [3.63, 3.8) is 0 Å². The van der Waals surface area contributed by atoms with Gasteiger partial charge in [-0.15, -0.1) is 11.3 Å². The van der Waals surface area contributed by atoms with E-state index >= 15 is 0 Å². The molecule has 3 aromatic heterocycles. The van der Waals surface area contributed by atoms with Crippen LogP contribution in [0.1, 0.15) is 22.2 Å². The van der Waals surface area contributed by atoms with Crippen molar-refractivity contribution in [1.29, 1.82) is 5.26 Å². The fraction of sp³-hybridized carbons (Fsp3) is 0.0526. The van der Waals surface area contributed by atoms with Gasteiger partial charge in [0.05, 0.1) is 33.3 Å². The molecule has 0 saturated heterocycles. The van der Waals surface area contributed by atoms with E-state index in [4.69, 9.17) is 5.26 Å². The zero-order valence-corrected chi connectivity index (χ0v) is 14.1. The molecule has 0 radical (unpaired) electrons. The summed E-state index contributed by atoms with van der Waals surface area (Å²) >= 11 is 1.43. The van der Waals surface area contributed by atoms with E-state index in [1.165, 1.54) is 11.3 Å². The molecule has 4 rings (SSSR count). The Morgan fingerprint density at radius 3 is 2.60 bits per heavy atom. The second kappa shape index (κ2) is 5.96. The van der Waals surface area contributed by atoms with Crippen molar-refractivity contribution in [1.82, 2.24) is 14.6 Å². The van der Waals surface area contributed by atoms with Gasteiger partial charge in [-0.25, -0.2) is 9.50 Å². The number of carbonyl (C=O) groups excluding carboxylic acids is 1. The maximum atomic E-state index is 11.5. The number of rotatable bonds is 3. The summed E-state index contributed by atoms with van der Waals surface area (Å²) in [7, 11) is 0. The third-order valence-corrected chi connectivity index (χ3v) is 5.09. The quantitative estimate of drug-likeness (QED) is 0.522. The standard InChI is InChI=1S/C19H12N4OS/c1-12(24)17-7-8-18(25-17)16-11-21-19-9-6-15(22-23(16)19)14-4-2-13(10-20)3-5-14/h2-9,11H,1H3. The van der Waals surface area contributed by atoms with E-state index in [-0.39, 0.29) is 5.78 Å². The molecule has 3 heterocycles. The number of carbonyl (C=O) groups is 1. The molecule has 120 valence electrons. The minimum absolute atomic E-state index is 0.0521. The highest BCUT2D eigenvalue weighted by molar-refractivity contribution is 7.17. The number of nitriles is 1. The molecule has 0 aliphatic rings. The summed E-state index contributed by atoms with van der Waals surface area (Å²) in [5.41, 5.74) is 3.92. The number of fused-ring (bicyclic) bond motifs is 1. The van der Waals surface area contributed by atoms with Crippen LogP contribution in [-0.4, -0.2) is 20.4 Å². The average molecular weight is 344 g/mol. The molecule has 0 aliphatic heterocycles. The molecule has 0 fully saturated rings. The third kappa shape index (κ3) is 2.71. The van der Waals surface area contributed by atoms with Crippen LogP contribution in [0, 0.1) is 11.3 Å². The molecule has 0 amide bonds. The summed E-state index contributed by atoms with van der Waals surface area (Å²) in [4.78, 5) is 17.6. The van der Waals surface area contributed by atoms with Crippen LogP contribution in [0.2, 0.25) is 0 Å². The summed E-state index contributed by atoms with van der Waals surface area (Å²) < 4.78 is 1.78. The molecule has 5 nitrogen and oxygen atoms in total. The number of Topliss-reactive ketones (excluding diaryl/α,β-unsaturated/α-hetero) is 1. The second-order valence-electron chi connectivity index (χ2n) is 5.54. The first-order chi connectivity index (χ1) is 12.2. The van der Waals surface area contributed by atoms with Gasteiger partial charge in [-0.05, 0) is 43.3 Å². The largest absolute Gasteiger partial charge is 0.294 e. The minimum atomic E-state index is 0.0521. The predicted molar refractivity (Wildman–Crippen MR) is 96.5 cm³/mol. The van der Waals surface area contributed by atoms with Crippen LogP contribution < -0.4 is 0 Å². The highest BCUT2D eigenvalue weighted by Crippen LogP contribution is 2.29. The van der Waals surface area contributed by atoms with Crippen LogP contribution in [0.15, 0.2) is 54.7 Å². The number of thiophene rings is 1. The van der Waals surface area contributed by atoms with E-state index in [2.05, 4.69) is 16.2 Å². The van der Waals surface area contributed by atoms with Gasteiger partial charge >= 0.3 is 0 Å². The molecule has 4 aromatic rings. The molecule has 0 spiro atoms. The van der Waals surface area contributed by atoms with Gasteiger partial charge in [0.15, 0.2) is 11.4 Å². The topological polar surface area (TPSA) is 71.0 Å². The Morgan fingerprint density at radius 1 is 1.12 bits per heavy atom. The zero-order valence-electron chi connectivity index (χ0n) is 13.3. The number of hydrogen-bond donors (Lipinski definition) is 0. The van der Waals surface area contributed by atoms with Crippen molar-refractivity contribution in [2.24, 2.45) is 0 Å². The Hall–Kier alpha value is -3.30. The van der Waals surface area contributed by atoms with E-state index in [1.54, 1.807) is 29.8 Å². The fourth-order valence-electron chi connectivity index (χ4n) is 2.58. The maximum absolute atomic E-state index is 11.5. The number of ketones is 1. The molecule has 0 unspecified atom stereocenters. The number of imidazole rings is 1. The van der Waals surface area contributed by atoms with E-state index in [1.807, 2.05) is 36.4 Å². The fourth-order valence-corrected chi connectivity index (χ4v) is 3.47. The SMILES string of the molecule is CC(=O)c1ccc(-c2cnc3ccc(-c4ccc(C#N)cc4)nn23)s1. The van der Waals surface area contributed by atoms with Gasteiger partial charge < -0.3 is 0 Å². The molecule has 25 heavy (non-hydrogen) atoms. The Kier molecular flexibility index (Phi) is 3.64. The van der Waals surface area contributed by atoms with Gasteiger partial charge in [-0.3, -0.25) is 4.79 Å². The van der Waals surface area contributed by atoms with Gasteiger partial charge in [0.2, 0.25) is 0 Å². The lowest BCUT2D eigenvalue weighted by Gasteiger charge is -2.03. The molecule has 1 aromatic carbocycles. The van der Waals surface area contributed by atoms with Gasteiger partial charge in [0.25, 0.3) is 0 Å². The molecule has 6 heteroatoms. The number of aromatic nitrogens is 3. The van der Waals surface area contributed by atoms with E-state index in [0.717, 1.165) is 27.5 Å². The molecule has 0 bridgehead atoms. The van der Waals surface area contributed by atoms with Crippen molar-refractivity contribution < 1.29 is 4.79 Å². The Balaban J connectivity index is 1.81. The highest BCUT2D eigenvalue weighted by atomic mass is 32.1. The molecule has 0 N–H and O–H groups in total. The first kappa shape index (κ1) is 15.2. The molecular weight excluding hydrogens is 332 g/mol. The summed E-state index contributed by atoms with van der Waals surface area (Å²) in [6.07, 6.45) is 1.76. The first-order valence-corrected chi connectivity index (χ1v) is 8.44. The first-order valence-electron chi connectivity index (χ1n) is 7.62. The van der Waals surface area contributed by atoms with Crippen LogP contribution in [-0.2, 0) is 0 Å². The van der Waals surface area contributed by atoms with Crippen LogP contribution in [0.25, 0.3) is 27.5 Å². The highest BCUT2D eigenvalue weighted by Gasteiger charge is 2.12. The van der Waals surface area contributed by atoms with Crippen LogP contribution in [0.4, 0.5) is 0 Å². The van der Waals surface area contributed by atoms with Crippen molar-refractivity contribution in [3.8, 4) is 27.9 Å². The molecular formula is C19H12N4OS. The second-order valence-corrected chi connectivity index (χ2v) is 6.63. The summed E-state index contributed by atoms with van der Waals surface area (Å²) in [5, 5.41) is 13.6. The lowest BCUT2D eigenvalue weighted by Crippen LogP contribution is -1.96. The molecule has 0 atom stereocenters. The average Bonchev–Trinajstić information content (AvgIpc) is 3.28. The molecule has 0 saturated carbocycles. The third-order valence-electron chi connectivity index (χ3n) is 3.88. The predicted octanol–water partition coefficient (Wildman–Crippen LogP) is 4.20. The lowest BCUT2D eigenvalue weighted by molar-refractivity contribution is 0.102. The zero-order chi connectivity index (χ0) is 17.4. The van der Waals surface area contributed by atoms with E-state index in [0.29, 0.717) is 10.4 Å². The van der Waals surface area contributed by atoms with Crippen molar-refractivity contribution >= 4 is 22.8 Å². The Labute approximate surface area is 147 Å². The minimum Gasteiger partial charge on any atom is -0.294 e. The summed E-state index contributed by atoms with van der Waals surface area (Å²) in [5.74, 6) is 0.0521. The van der Waals surface area contributed by atoms with Crippen LogP contribution in [0.5, 0.6) is 0 Å². The van der Waals surface area contributed by atoms with E-state index in [9.17, 15) is 4.79 Å². The molecule has 0 aliphatic carbocycles. The van der Waals surface area contributed by atoms with Gasteiger partial charge in [0.1, 0.15) is 5.69 Å². The smallest absolute Gasteiger partial charge is 0.169 e. The number of nitrogens with zero attached hydrogens (tertiary/aromatic N) is 4. The van der Waals surface area contributed by atoms with Gasteiger partial charge in [-0.2, -0.15) is 10.4 Å². The Morgan fingerprint density at radius 2 is 1.92 bits per heavy atom. The summed E-state index contributed by atoms with van der Waals surface area (Å²) in [6, 6.07) is 17.0. The monoisotopic (exact) mass is 344 g/mol. The van der Waals surface area contributed by atoms with Gasteiger partial charge in [0, 0.05) is 5.56 Å². The van der Waals surface area contributed by atoms with E-state index < -0.39 is 0 Å². The van der Waals surface area contributed by atoms with Crippen molar-refractivity contribution in [3.05, 3.63) is 65.2 Å². The Bertz CT molecular complexity index is 1130.